The molecule has 0 aliphatic heterocycles. The highest BCUT2D eigenvalue weighted by molar-refractivity contribution is 6.31. The molecule has 134 valence electrons. The molecular formula is C20H24ClNO3. The van der Waals surface area contributed by atoms with Crippen molar-refractivity contribution in [3.8, 4) is 0 Å². The first-order valence-corrected chi connectivity index (χ1v) is 9.60. The molecule has 4 aliphatic carbocycles. The third-order valence-electron chi connectivity index (χ3n) is 6.39. The fraction of sp³-hybridized carbons (Fsp3) is 0.600. The van der Waals surface area contributed by atoms with Crippen LogP contribution in [0, 0.1) is 36.5 Å². The monoisotopic (exact) mass is 361 g/mol. The third-order valence-corrected chi connectivity index (χ3v) is 6.80. The first kappa shape index (κ1) is 16.9. The van der Waals surface area contributed by atoms with E-state index in [0.29, 0.717) is 22.5 Å². The highest BCUT2D eigenvalue weighted by Crippen LogP contribution is 2.56. The molecule has 5 rings (SSSR count). The number of halogens is 1. The van der Waals surface area contributed by atoms with E-state index in [-0.39, 0.29) is 24.4 Å². The summed E-state index contributed by atoms with van der Waals surface area (Å²) in [5.74, 6) is 2.10. The average Bonchev–Trinajstić information content (AvgIpc) is 2.56. The Labute approximate surface area is 153 Å². The number of hydrogen-bond donors (Lipinski definition) is 1. The second kappa shape index (κ2) is 6.64. The molecule has 0 unspecified atom stereocenters. The fourth-order valence-corrected chi connectivity index (χ4v) is 5.65. The summed E-state index contributed by atoms with van der Waals surface area (Å²) in [4.78, 5) is 24.7. The van der Waals surface area contributed by atoms with Crippen LogP contribution < -0.4 is 5.32 Å². The maximum absolute atomic E-state index is 12.6. The molecule has 0 aromatic heterocycles. The van der Waals surface area contributed by atoms with Crippen molar-refractivity contribution < 1.29 is 14.3 Å². The second-order valence-corrected chi connectivity index (χ2v) is 8.43. The van der Waals surface area contributed by atoms with Crippen LogP contribution in [-0.2, 0) is 14.3 Å². The Kier molecular flexibility index (Phi) is 4.48. The fourth-order valence-electron chi connectivity index (χ4n) is 5.47. The molecule has 1 N–H and O–H groups in total. The number of benzene rings is 1. The minimum Gasteiger partial charge on any atom is -0.455 e. The molecule has 0 spiro atoms. The van der Waals surface area contributed by atoms with Gasteiger partial charge in [-0.1, -0.05) is 17.7 Å². The number of esters is 1. The Morgan fingerprint density at radius 3 is 2.40 bits per heavy atom. The molecule has 0 radical (unpaired) electrons. The summed E-state index contributed by atoms with van der Waals surface area (Å²) in [6, 6.07) is 5.35. The van der Waals surface area contributed by atoms with Gasteiger partial charge in [-0.2, -0.15) is 0 Å². The van der Waals surface area contributed by atoms with E-state index in [4.69, 9.17) is 16.3 Å². The molecular weight excluding hydrogens is 338 g/mol. The van der Waals surface area contributed by atoms with Gasteiger partial charge in [-0.3, -0.25) is 9.59 Å². The molecule has 4 saturated carbocycles. The van der Waals surface area contributed by atoms with Crippen molar-refractivity contribution in [2.45, 2.75) is 39.0 Å². The number of carbonyl (C=O) groups is 2. The lowest BCUT2D eigenvalue weighted by molar-refractivity contribution is -0.164. The van der Waals surface area contributed by atoms with E-state index in [9.17, 15) is 9.59 Å². The molecule has 5 heteroatoms. The lowest BCUT2D eigenvalue weighted by Gasteiger charge is -2.53. The Balaban J connectivity index is 1.33. The molecule has 0 saturated heterocycles. The minimum absolute atomic E-state index is 0.00788. The van der Waals surface area contributed by atoms with Crippen LogP contribution in [0.5, 0.6) is 0 Å². The molecule has 25 heavy (non-hydrogen) atoms. The minimum atomic E-state index is -0.317. The number of rotatable bonds is 4. The second-order valence-electron chi connectivity index (χ2n) is 8.02. The molecule has 0 atom stereocenters. The zero-order valence-electron chi connectivity index (χ0n) is 14.5. The zero-order chi connectivity index (χ0) is 17.6. The first-order chi connectivity index (χ1) is 12.0. The number of hydrogen-bond acceptors (Lipinski definition) is 3. The van der Waals surface area contributed by atoms with Crippen molar-refractivity contribution in [2.24, 2.45) is 29.6 Å². The molecule has 4 nitrogen and oxygen atoms in total. The number of ether oxygens (including phenoxy) is 1. The lowest BCUT2D eigenvalue weighted by Crippen LogP contribution is -2.48. The lowest BCUT2D eigenvalue weighted by atomic mass is 9.52. The van der Waals surface area contributed by atoms with E-state index < -0.39 is 0 Å². The molecule has 1 amide bonds. The van der Waals surface area contributed by atoms with E-state index in [2.05, 4.69) is 5.32 Å². The van der Waals surface area contributed by atoms with E-state index in [1.165, 1.54) is 32.1 Å². The molecule has 0 heterocycles. The smallest absolute Gasteiger partial charge is 0.310 e. The van der Waals surface area contributed by atoms with Gasteiger partial charge in [-0.15, -0.1) is 0 Å². The summed E-state index contributed by atoms with van der Waals surface area (Å²) in [5, 5.41) is 3.37. The summed E-state index contributed by atoms with van der Waals surface area (Å²) >= 11 is 6.06. The van der Waals surface area contributed by atoms with Crippen LogP contribution in [-0.4, -0.2) is 18.5 Å². The van der Waals surface area contributed by atoms with Gasteiger partial charge in [0.15, 0.2) is 6.61 Å². The van der Waals surface area contributed by atoms with Gasteiger partial charge in [0, 0.05) is 10.7 Å². The normalized spacial score (nSPS) is 32.5. The van der Waals surface area contributed by atoms with Crippen LogP contribution >= 0.6 is 11.6 Å². The maximum atomic E-state index is 12.6. The maximum Gasteiger partial charge on any atom is 0.310 e. The zero-order valence-corrected chi connectivity index (χ0v) is 15.2. The van der Waals surface area contributed by atoms with Crippen molar-refractivity contribution in [1.29, 1.82) is 0 Å². The third kappa shape index (κ3) is 3.29. The van der Waals surface area contributed by atoms with E-state index >= 15 is 0 Å². The Morgan fingerprint density at radius 2 is 1.76 bits per heavy atom. The van der Waals surface area contributed by atoms with Gasteiger partial charge in [-0.25, -0.2) is 0 Å². The number of nitrogens with one attached hydrogen (secondary N) is 1. The summed E-state index contributed by atoms with van der Waals surface area (Å²) in [6.45, 7) is 1.62. The number of anilines is 1. The van der Waals surface area contributed by atoms with Gasteiger partial charge in [0.25, 0.3) is 5.91 Å². The Hall–Kier alpha value is -1.55. The summed E-state index contributed by atoms with van der Waals surface area (Å²) < 4.78 is 5.39. The van der Waals surface area contributed by atoms with Crippen molar-refractivity contribution in [3.05, 3.63) is 28.8 Å². The molecule has 4 fully saturated rings. The van der Waals surface area contributed by atoms with Crippen LogP contribution in [0.3, 0.4) is 0 Å². The molecule has 4 aliphatic rings. The molecule has 4 bridgehead atoms. The van der Waals surface area contributed by atoms with Crippen molar-refractivity contribution in [2.75, 3.05) is 11.9 Å². The van der Waals surface area contributed by atoms with Gasteiger partial charge in [0.1, 0.15) is 0 Å². The van der Waals surface area contributed by atoms with Crippen LogP contribution in [0.25, 0.3) is 0 Å². The van der Waals surface area contributed by atoms with Crippen LogP contribution in [0.1, 0.15) is 37.7 Å². The van der Waals surface area contributed by atoms with E-state index in [1.54, 1.807) is 18.2 Å². The molecule has 1 aromatic carbocycles. The van der Waals surface area contributed by atoms with E-state index in [1.807, 2.05) is 6.92 Å². The van der Waals surface area contributed by atoms with Gasteiger partial charge < -0.3 is 10.1 Å². The summed E-state index contributed by atoms with van der Waals surface area (Å²) in [7, 11) is 0. The van der Waals surface area contributed by atoms with Gasteiger partial charge in [0.2, 0.25) is 0 Å². The molecule has 1 aromatic rings. The number of amides is 1. The average molecular weight is 362 g/mol. The van der Waals surface area contributed by atoms with Gasteiger partial charge in [-0.05, 0) is 80.4 Å². The van der Waals surface area contributed by atoms with Crippen molar-refractivity contribution in [1.82, 2.24) is 0 Å². The number of carbonyl (C=O) groups excluding carboxylic acids is 2. The Morgan fingerprint density at radius 1 is 1.12 bits per heavy atom. The first-order valence-electron chi connectivity index (χ1n) is 9.23. The largest absolute Gasteiger partial charge is 0.455 e. The van der Waals surface area contributed by atoms with E-state index in [0.717, 1.165) is 17.4 Å². The standard InChI is InChI=1S/C20H24ClNO3/c1-11-16(21)3-2-4-17(11)22-18(23)10-25-20(24)19-14-6-12-5-13(8-14)9-15(19)7-12/h2-4,12-15,19H,5-10H2,1H3,(H,22,23). The van der Waals surface area contributed by atoms with Crippen molar-refractivity contribution in [3.63, 3.8) is 0 Å². The topological polar surface area (TPSA) is 55.4 Å². The highest BCUT2D eigenvalue weighted by atomic mass is 35.5. The van der Waals surface area contributed by atoms with Crippen LogP contribution in [0.2, 0.25) is 5.02 Å². The SMILES string of the molecule is Cc1c(Cl)cccc1NC(=O)COC(=O)C1C2CC3CC(C2)CC1C3. The van der Waals surface area contributed by atoms with Gasteiger partial charge in [0.05, 0.1) is 5.92 Å². The highest BCUT2D eigenvalue weighted by Gasteiger charge is 2.51. The summed E-state index contributed by atoms with van der Waals surface area (Å²) in [6.07, 6.45) is 6.03. The van der Waals surface area contributed by atoms with Crippen molar-refractivity contribution >= 4 is 29.2 Å². The Bertz CT molecular complexity index is 674. The summed E-state index contributed by atoms with van der Waals surface area (Å²) in [5.41, 5.74) is 1.47. The van der Waals surface area contributed by atoms with Gasteiger partial charge >= 0.3 is 5.97 Å². The predicted molar refractivity (Wildman–Crippen MR) is 96.3 cm³/mol. The van der Waals surface area contributed by atoms with Crippen LogP contribution in [0.15, 0.2) is 18.2 Å². The predicted octanol–water partition coefficient (Wildman–Crippen LogP) is 4.20. The van der Waals surface area contributed by atoms with Crippen LogP contribution in [0.4, 0.5) is 5.69 Å². The quantitative estimate of drug-likeness (QED) is 0.817.